The molecule has 0 spiro atoms. The topological polar surface area (TPSA) is 23.0 Å². The lowest BCUT2D eigenvalue weighted by Gasteiger charge is -2.34. The smallest absolute Gasteiger partial charge is 0.213 e. The van der Waals surface area contributed by atoms with E-state index in [1.807, 2.05) is 6.07 Å². The molecule has 0 aliphatic carbocycles. The van der Waals surface area contributed by atoms with Gasteiger partial charge >= 0.3 is 0 Å². The Bertz CT molecular complexity index is 3420. The molecule has 0 saturated heterocycles. The molecular formula is C56H38N2OSi. The first-order valence-electron chi connectivity index (χ1n) is 20.6. The summed E-state index contributed by atoms with van der Waals surface area (Å²) >= 11 is 0. The predicted octanol–water partition coefficient (Wildman–Crippen LogP) is 11.7. The lowest BCUT2D eigenvalue weighted by atomic mass is 10.0. The van der Waals surface area contributed by atoms with Gasteiger partial charge in [0.1, 0.15) is 5.58 Å². The molecule has 0 atom stereocenters. The largest absolute Gasteiger partial charge is 0.439 e. The number of benzene rings is 9. The van der Waals surface area contributed by atoms with Crippen LogP contribution in [0.5, 0.6) is 0 Å². The lowest BCUT2D eigenvalue weighted by Crippen LogP contribution is -2.74. The van der Waals surface area contributed by atoms with E-state index in [1.54, 1.807) is 0 Å². The molecule has 12 rings (SSSR count). The van der Waals surface area contributed by atoms with E-state index in [4.69, 9.17) is 4.42 Å². The van der Waals surface area contributed by atoms with Gasteiger partial charge in [-0.2, -0.15) is 0 Å². The van der Waals surface area contributed by atoms with Gasteiger partial charge in [-0.1, -0.05) is 182 Å². The summed E-state index contributed by atoms with van der Waals surface area (Å²) in [5, 5.41) is 11.5. The van der Waals surface area contributed by atoms with Crippen LogP contribution in [0.25, 0.3) is 77.3 Å². The first kappa shape index (κ1) is 34.4. The highest BCUT2D eigenvalue weighted by atomic mass is 28.3. The Morgan fingerprint density at radius 2 is 0.850 bits per heavy atom. The second-order valence-corrected chi connectivity index (χ2v) is 19.5. The van der Waals surface area contributed by atoms with E-state index in [0.717, 1.165) is 50.1 Å². The van der Waals surface area contributed by atoms with E-state index >= 15 is 0 Å². The lowest BCUT2D eigenvalue weighted by molar-refractivity contribution is 0.645. The van der Waals surface area contributed by atoms with Gasteiger partial charge in [0.25, 0.3) is 0 Å². The highest BCUT2D eigenvalue weighted by molar-refractivity contribution is 7.20. The molecule has 0 unspecified atom stereocenters. The van der Waals surface area contributed by atoms with Gasteiger partial charge in [-0.25, -0.2) is 0 Å². The van der Waals surface area contributed by atoms with Crippen LogP contribution >= 0.6 is 0 Å². The molecule has 0 aliphatic heterocycles. The maximum absolute atomic E-state index is 6.55. The third kappa shape index (κ3) is 5.14. The minimum atomic E-state index is -2.70. The summed E-state index contributed by atoms with van der Waals surface area (Å²) in [7, 11) is -2.70. The SMILES string of the molecule is c1ccc(-n2c3cc(-c4ccc(-n5c6ccccc6c6cc([Si](c7ccccc7)(c7ccccc7)c7ccccc7)ccc65)cc4)ccc3c3c4ccccc4oc32)cc1. The van der Waals surface area contributed by atoms with Crippen LogP contribution in [0.3, 0.4) is 0 Å². The summed E-state index contributed by atoms with van der Waals surface area (Å²) in [6.45, 7) is 0. The van der Waals surface area contributed by atoms with Gasteiger partial charge in [-0.3, -0.25) is 4.57 Å². The first-order valence-corrected chi connectivity index (χ1v) is 22.6. The van der Waals surface area contributed by atoms with E-state index in [0.29, 0.717) is 0 Å². The number of aromatic nitrogens is 2. The summed E-state index contributed by atoms with van der Waals surface area (Å²) in [5.41, 5.74) is 9.82. The fourth-order valence-electron chi connectivity index (χ4n) is 9.85. The Hall–Kier alpha value is -7.66. The number of para-hydroxylation sites is 3. The summed E-state index contributed by atoms with van der Waals surface area (Å²) in [5.74, 6) is 0. The predicted molar refractivity (Wildman–Crippen MR) is 254 cm³/mol. The maximum Gasteiger partial charge on any atom is 0.213 e. The fraction of sp³-hybridized carbons (Fsp3) is 0. The number of furan rings is 1. The molecule has 282 valence electrons. The van der Waals surface area contributed by atoms with Crippen molar-refractivity contribution in [2.24, 2.45) is 0 Å². The fourth-order valence-corrected chi connectivity index (χ4v) is 14.6. The van der Waals surface area contributed by atoms with Crippen molar-refractivity contribution in [3.05, 3.63) is 231 Å². The van der Waals surface area contributed by atoms with E-state index in [2.05, 4.69) is 234 Å². The van der Waals surface area contributed by atoms with Gasteiger partial charge in [0.15, 0.2) is 8.07 Å². The van der Waals surface area contributed by atoms with Crippen LogP contribution in [0.4, 0.5) is 0 Å². The number of hydrogen-bond donors (Lipinski definition) is 0. The zero-order chi connectivity index (χ0) is 39.6. The Morgan fingerprint density at radius 1 is 0.317 bits per heavy atom. The minimum absolute atomic E-state index is 0.871. The summed E-state index contributed by atoms with van der Waals surface area (Å²) < 4.78 is 11.2. The Balaban J connectivity index is 1.01. The normalized spacial score (nSPS) is 12.0. The summed E-state index contributed by atoms with van der Waals surface area (Å²) in [4.78, 5) is 0. The standard InChI is InChI=1S/C56H38N2OSi/c1-5-17-41(18-6-1)58-53-37-40(31-35-48(53)55-49-26-14-16-28-54(49)59-56(55)58)39-29-32-42(33-30-39)57-51-27-15-13-25-47(51)50-38-46(34-36-52(50)57)60(43-19-7-2-8-20-43,44-21-9-3-10-22-44)45-23-11-4-12-24-45/h1-38H. The van der Waals surface area contributed by atoms with Crippen LogP contribution in [0, 0.1) is 0 Å². The molecule has 9 aromatic carbocycles. The maximum atomic E-state index is 6.55. The Labute approximate surface area is 348 Å². The van der Waals surface area contributed by atoms with Gasteiger partial charge in [0.2, 0.25) is 5.71 Å². The molecular weight excluding hydrogens is 745 g/mol. The van der Waals surface area contributed by atoms with E-state index < -0.39 is 8.07 Å². The van der Waals surface area contributed by atoms with Crippen molar-refractivity contribution >= 4 is 83.6 Å². The molecule has 0 radical (unpaired) electrons. The minimum Gasteiger partial charge on any atom is -0.439 e. The van der Waals surface area contributed by atoms with Crippen LogP contribution in [0.1, 0.15) is 0 Å². The molecule has 3 nitrogen and oxygen atoms in total. The molecule has 3 aromatic heterocycles. The third-order valence-corrected chi connectivity index (χ3v) is 17.3. The van der Waals surface area contributed by atoms with Crippen molar-refractivity contribution in [3.63, 3.8) is 0 Å². The quantitative estimate of drug-likeness (QED) is 0.117. The van der Waals surface area contributed by atoms with Crippen molar-refractivity contribution in [1.82, 2.24) is 9.13 Å². The van der Waals surface area contributed by atoms with E-state index in [9.17, 15) is 0 Å². The zero-order valence-electron chi connectivity index (χ0n) is 32.7. The van der Waals surface area contributed by atoms with Gasteiger partial charge in [0, 0.05) is 32.9 Å². The molecule has 4 heteroatoms. The number of rotatable bonds is 7. The van der Waals surface area contributed by atoms with Crippen LogP contribution in [0.15, 0.2) is 235 Å². The molecule has 0 fully saturated rings. The number of nitrogens with zero attached hydrogens (tertiary/aromatic N) is 2. The molecule has 0 saturated carbocycles. The highest BCUT2D eigenvalue weighted by Gasteiger charge is 2.41. The van der Waals surface area contributed by atoms with Gasteiger partial charge in [-0.15, -0.1) is 0 Å². The van der Waals surface area contributed by atoms with Crippen molar-refractivity contribution in [3.8, 4) is 22.5 Å². The van der Waals surface area contributed by atoms with Gasteiger partial charge in [-0.05, 0) is 80.4 Å². The van der Waals surface area contributed by atoms with Crippen molar-refractivity contribution in [2.75, 3.05) is 0 Å². The number of fused-ring (bicyclic) bond motifs is 8. The van der Waals surface area contributed by atoms with Gasteiger partial charge < -0.3 is 8.98 Å². The molecule has 3 heterocycles. The summed E-state index contributed by atoms with van der Waals surface area (Å²) in [6, 6.07) is 84.4. The average molecular weight is 783 g/mol. The summed E-state index contributed by atoms with van der Waals surface area (Å²) in [6.07, 6.45) is 0. The van der Waals surface area contributed by atoms with Crippen LogP contribution in [-0.2, 0) is 0 Å². The monoisotopic (exact) mass is 782 g/mol. The van der Waals surface area contributed by atoms with E-state index in [-0.39, 0.29) is 0 Å². The van der Waals surface area contributed by atoms with Crippen molar-refractivity contribution < 1.29 is 4.42 Å². The number of hydrogen-bond acceptors (Lipinski definition) is 1. The molecule has 0 bridgehead atoms. The Morgan fingerprint density at radius 3 is 1.52 bits per heavy atom. The average Bonchev–Trinajstić information content (AvgIpc) is 3.97. The van der Waals surface area contributed by atoms with Crippen LogP contribution < -0.4 is 20.7 Å². The third-order valence-electron chi connectivity index (χ3n) is 12.5. The molecule has 12 aromatic rings. The Kier molecular flexibility index (Phi) is 7.87. The van der Waals surface area contributed by atoms with Crippen LogP contribution in [-0.4, -0.2) is 17.2 Å². The highest BCUT2D eigenvalue weighted by Crippen LogP contribution is 2.41. The zero-order valence-corrected chi connectivity index (χ0v) is 33.7. The van der Waals surface area contributed by atoms with Crippen molar-refractivity contribution in [1.29, 1.82) is 0 Å². The second kappa shape index (κ2) is 13.7. The molecule has 0 amide bonds. The van der Waals surface area contributed by atoms with Crippen LogP contribution in [0.2, 0.25) is 0 Å². The van der Waals surface area contributed by atoms with E-state index in [1.165, 1.54) is 47.9 Å². The molecule has 0 N–H and O–H groups in total. The van der Waals surface area contributed by atoms with Crippen molar-refractivity contribution in [2.45, 2.75) is 0 Å². The second-order valence-electron chi connectivity index (χ2n) is 15.7. The van der Waals surface area contributed by atoms with Gasteiger partial charge in [0.05, 0.1) is 21.9 Å². The first-order chi connectivity index (χ1) is 29.8. The molecule has 60 heavy (non-hydrogen) atoms. The molecule has 0 aliphatic rings.